The first-order valence-electron chi connectivity index (χ1n) is 8.62. The van der Waals surface area contributed by atoms with Gasteiger partial charge in [0.15, 0.2) is 18.0 Å². The Bertz CT molecular complexity index is 1070. The van der Waals surface area contributed by atoms with E-state index in [1.54, 1.807) is 0 Å². The number of anilines is 1. The highest BCUT2D eigenvalue weighted by molar-refractivity contribution is 7.99. The van der Waals surface area contributed by atoms with Crippen molar-refractivity contribution in [1.29, 1.82) is 0 Å². The van der Waals surface area contributed by atoms with Gasteiger partial charge in [-0.15, -0.1) is 11.8 Å². The lowest BCUT2D eigenvalue weighted by atomic mass is 10.1. The van der Waals surface area contributed by atoms with Crippen molar-refractivity contribution in [2.24, 2.45) is 11.1 Å². The first-order valence-corrected chi connectivity index (χ1v) is 11.1. The van der Waals surface area contributed by atoms with Crippen LogP contribution >= 0.6 is 11.8 Å². The molecule has 1 saturated heterocycles. The van der Waals surface area contributed by atoms with Gasteiger partial charge in [0.05, 0.1) is 12.0 Å². The molecule has 5 N–H and O–H groups in total. The van der Waals surface area contributed by atoms with Gasteiger partial charge in [0, 0.05) is 18.1 Å². The number of ether oxygens (including phenoxy) is 1. The summed E-state index contributed by atoms with van der Waals surface area (Å²) in [6, 6.07) is 0. The Morgan fingerprint density at radius 1 is 1.43 bits per heavy atom. The number of nitrogens with zero attached hydrogens (tertiary/aromatic N) is 4. The van der Waals surface area contributed by atoms with Gasteiger partial charge in [-0.25, -0.2) is 33.0 Å². The van der Waals surface area contributed by atoms with E-state index in [4.69, 9.17) is 15.6 Å². The first kappa shape index (κ1) is 21.5. The molecule has 3 heterocycles. The van der Waals surface area contributed by atoms with Crippen molar-refractivity contribution in [2.45, 2.75) is 42.0 Å². The molecule has 11 nitrogen and oxygen atoms in total. The first-order chi connectivity index (χ1) is 14.0. The highest BCUT2D eigenvalue weighted by atomic mass is 32.2. The van der Waals surface area contributed by atoms with Crippen LogP contribution in [-0.4, -0.2) is 69.9 Å². The summed E-state index contributed by atoms with van der Waals surface area (Å²) in [7, 11) is -4.33. The average Bonchev–Trinajstić information content (AvgIpc) is 2.96. The molecule has 5 atom stereocenters. The molecule has 0 unspecified atom stereocenters. The lowest BCUT2D eigenvalue weighted by Crippen LogP contribution is -2.33. The summed E-state index contributed by atoms with van der Waals surface area (Å²) in [6.45, 7) is -0.717. The maximum Gasteiger partial charge on any atom is 0.333 e. The van der Waals surface area contributed by atoms with Crippen LogP contribution in [0.1, 0.15) is 12.6 Å². The number of nitrogens with two attached hydrogens (primary N) is 2. The topological polar surface area (TPSA) is 168 Å². The van der Waals surface area contributed by atoms with Crippen LogP contribution in [0.15, 0.2) is 11.4 Å². The Kier molecular flexibility index (Phi) is 5.34. The van der Waals surface area contributed by atoms with Gasteiger partial charge in [0.25, 0.3) is 5.92 Å². The van der Waals surface area contributed by atoms with Crippen molar-refractivity contribution in [3.63, 3.8) is 0 Å². The van der Waals surface area contributed by atoms with E-state index in [2.05, 4.69) is 19.2 Å². The fourth-order valence-corrected chi connectivity index (χ4v) is 4.60. The second-order valence-corrected chi connectivity index (χ2v) is 9.19. The largest absolute Gasteiger partial charge is 0.387 e. The Labute approximate surface area is 172 Å². The van der Waals surface area contributed by atoms with Crippen molar-refractivity contribution in [3.8, 4) is 0 Å². The summed E-state index contributed by atoms with van der Waals surface area (Å²) in [4.78, 5) is 7.87. The third kappa shape index (κ3) is 4.06. The molecule has 2 aromatic rings. The summed E-state index contributed by atoms with van der Waals surface area (Å²) < 4.78 is 73.8. The number of aliphatic hydroxyl groups is 1. The summed E-state index contributed by atoms with van der Waals surface area (Å²) in [5, 5.41) is 19.4. The summed E-state index contributed by atoms with van der Waals surface area (Å²) in [5.41, 5.74) is 5.95. The van der Waals surface area contributed by atoms with E-state index in [9.17, 15) is 26.7 Å². The zero-order valence-electron chi connectivity index (χ0n) is 15.1. The number of aromatic nitrogens is 4. The predicted octanol–water partition coefficient (Wildman–Crippen LogP) is -0.0277. The minimum absolute atomic E-state index is 0.0133. The van der Waals surface area contributed by atoms with Crippen LogP contribution in [0.3, 0.4) is 0 Å². The zero-order chi connectivity index (χ0) is 21.8. The van der Waals surface area contributed by atoms with Crippen molar-refractivity contribution in [1.82, 2.24) is 19.7 Å². The van der Waals surface area contributed by atoms with Crippen molar-refractivity contribution >= 4 is 38.9 Å². The molecule has 2 aliphatic rings. The quantitative estimate of drug-likeness (QED) is 0.467. The number of thioether (sulfide) groups is 1. The minimum Gasteiger partial charge on any atom is -0.387 e. The number of fused-ring (bicyclic) bond motifs is 1. The predicted molar refractivity (Wildman–Crippen MR) is 97.4 cm³/mol. The number of aliphatic hydroxyl groups excluding tert-OH is 1. The summed E-state index contributed by atoms with van der Waals surface area (Å²) >= 11 is 1.00. The molecule has 1 saturated carbocycles. The molecule has 166 valence electrons. The molecule has 0 amide bonds. The van der Waals surface area contributed by atoms with E-state index in [0.29, 0.717) is 0 Å². The third-order valence-electron chi connectivity index (χ3n) is 4.79. The smallest absolute Gasteiger partial charge is 0.333 e. The number of halogens is 3. The van der Waals surface area contributed by atoms with Gasteiger partial charge >= 0.3 is 10.3 Å². The second kappa shape index (κ2) is 7.45. The fourth-order valence-electron chi connectivity index (χ4n) is 3.07. The number of hydrogen-bond acceptors (Lipinski definition) is 10. The van der Waals surface area contributed by atoms with Crippen LogP contribution in [0.5, 0.6) is 0 Å². The van der Waals surface area contributed by atoms with Crippen molar-refractivity contribution in [3.05, 3.63) is 6.33 Å². The van der Waals surface area contributed by atoms with Crippen LogP contribution in [-0.2, 0) is 19.2 Å². The maximum absolute atomic E-state index is 14.7. The second-order valence-electron chi connectivity index (χ2n) is 6.96. The van der Waals surface area contributed by atoms with Gasteiger partial charge in [0.2, 0.25) is 0 Å². The highest BCUT2D eigenvalue weighted by Crippen LogP contribution is 2.51. The molecule has 2 fully saturated rings. The maximum atomic E-state index is 14.7. The van der Waals surface area contributed by atoms with Crippen molar-refractivity contribution < 1.29 is 35.6 Å². The van der Waals surface area contributed by atoms with Gasteiger partial charge < -0.3 is 15.6 Å². The lowest BCUT2D eigenvalue weighted by Gasteiger charge is -2.14. The normalized spacial score (nSPS) is 30.8. The molecule has 1 aliphatic carbocycles. The molecule has 16 heteroatoms. The molecule has 0 aromatic carbocycles. The highest BCUT2D eigenvalue weighted by Gasteiger charge is 2.56. The molecule has 0 radical (unpaired) electrons. The van der Waals surface area contributed by atoms with E-state index in [-0.39, 0.29) is 34.1 Å². The molecular weight excluding hydrogens is 453 g/mol. The van der Waals surface area contributed by atoms with Crippen LogP contribution in [0.2, 0.25) is 0 Å². The van der Waals surface area contributed by atoms with Crippen LogP contribution in [0, 0.1) is 5.92 Å². The number of nitrogen functional groups attached to an aromatic ring is 1. The molecule has 2 aromatic heterocycles. The third-order valence-corrected chi connectivity index (χ3v) is 6.39. The van der Waals surface area contributed by atoms with E-state index in [1.165, 1.54) is 0 Å². The van der Waals surface area contributed by atoms with Crippen LogP contribution in [0.25, 0.3) is 11.0 Å². The lowest BCUT2D eigenvalue weighted by molar-refractivity contribution is -0.0456. The Morgan fingerprint density at radius 3 is 2.77 bits per heavy atom. The van der Waals surface area contributed by atoms with Crippen LogP contribution in [0.4, 0.5) is 19.0 Å². The number of rotatable bonds is 7. The van der Waals surface area contributed by atoms with Gasteiger partial charge in [0.1, 0.15) is 29.4 Å². The zero-order valence-corrected chi connectivity index (χ0v) is 16.7. The molecular formula is C14H17F3N6O5S2. The van der Waals surface area contributed by atoms with Gasteiger partial charge in [-0.1, -0.05) is 0 Å². The van der Waals surface area contributed by atoms with Crippen LogP contribution < -0.4 is 10.9 Å². The molecule has 4 rings (SSSR count). The summed E-state index contributed by atoms with van der Waals surface area (Å²) in [5.74, 6) is -3.44. The Hall–Kier alpha value is -1.72. The molecule has 1 aliphatic heterocycles. The van der Waals surface area contributed by atoms with E-state index in [0.717, 1.165) is 22.8 Å². The van der Waals surface area contributed by atoms with Crippen molar-refractivity contribution in [2.75, 3.05) is 18.1 Å². The SMILES string of the molecule is Nc1ncnc2c1c(SC[C@H]1CC1(F)F)nn2[C@@H]1O[C@H](COS(N)(=O)=O)[C@@H](O)[C@@H]1F. The average molecular weight is 470 g/mol. The summed E-state index contributed by atoms with van der Waals surface area (Å²) in [6.07, 6.45) is -5.73. The van der Waals surface area contributed by atoms with Gasteiger partial charge in [-0.05, 0) is 0 Å². The number of alkyl halides is 3. The molecule has 30 heavy (non-hydrogen) atoms. The van der Waals surface area contributed by atoms with E-state index < -0.39 is 53.4 Å². The van der Waals surface area contributed by atoms with Gasteiger partial charge in [-0.2, -0.15) is 13.5 Å². The molecule has 0 spiro atoms. The molecule has 0 bridgehead atoms. The monoisotopic (exact) mass is 470 g/mol. The Balaban J connectivity index is 1.61. The Morgan fingerprint density at radius 2 is 2.13 bits per heavy atom. The van der Waals surface area contributed by atoms with E-state index >= 15 is 0 Å². The minimum atomic E-state index is -4.33. The fraction of sp³-hybridized carbons (Fsp3) is 0.643. The van der Waals surface area contributed by atoms with E-state index in [1.807, 2.05) is 0 Å². The number of hydrogen-bond donors (Lipinski definition) is 3. The van der Waals surface area contributed by atoms with Gasteiger partial charge in [-0.3, -0.25) is 4.18 Å². The standard InChI is InChI=1S/C14H17F3N6O5S2/c15-8-9(24)6(2-27-30(19,25)26)28-13(8)23-11-7(10(18)20-4-21-11)12(22-23)29-3-5-1-14(5,16)17/h4-6,8-9,13,24H,1-3H2,(H2,18,20,21)(H2,19,25,26)/t5-,6-,8+,9-,13-/m1/s1.